The van der Waals surface area contributed by atoms with Gasteiger partial charge in [-0.25, -0.2) is 31.4 Å². The molecule has 12 nitrogen and oxygen atoms in total. The van der Waals surface area contributed by atoms with E-state index in [4.69, 9.17) is 9.47 Å². The second-order valence-electron chi connectivity index (χ2n) is 15.4. The minimum Gasteiger partial charge on any atom is -0.444 e. The molecule has 0 radical (unpaired) electrons. The van der Waals surface area contributed by atoms with Crippen molar-refractivity contribution in [1.82, 2.24) is 28.8 Å². The van der Waals surface area contributed by atoms with Crippen LogP contribution in [0.4, 0.5) is 23.7 Å². The van der Waals surface area contributed by atoms with Gasteiger partial charge in [0.05, 0.1) is 35.0 Å². The lowest BCUT2D eigenvalue weighted by Crippen LogP contribution is -2.59. The number of nitrogens with zero attached hydrogens (tertiary/aromatic N) is 7. The Morgan fingerprint density at radius 1 is 1.18 bits per heavy atom. The number of pyridine rings is 1. The number of rotatable bonds is 11. The van der Waals surface area contributed by atoms with Gasteiger partial charge in [-0.15, -0.1) is 10.2 Å². The molecule has 1 amide bonds. The minimum atomic E-state index is -4.39. The number of hydrogen-bond donors (Lipinski definition) is 0. The van der Waals surface area contributed by atoms with E-state index in [1.165, 1.54) is 22.9 Å². The number of piperazine rings is 1. The van der Waals surface area contributed by atoms with Crippen molar-refractivity contribution in [2.45, 2.75) is 114 Å². The lowest BCUT2D eigenvalue weighted by atomic mass is 10.1. The van der Waals surface area contributed by atoms with Gasteiger partial charge in [0.2, 0.25) is 10.0 Å². The number of imidazole rings is 1. The third-order valence-corrected chi connectivity index (χ3v) is 13.3. The molecule has 49 heavy (non-hydrogen) atoms. The first-order valence-electron chi connectivity index (χ1n) is 16.3. The molecule has 1 saturated heterocycles. The van der Waals surface area contributed by atoms with Gasteiger partial charge < -0.3 is 14.4 Å². The van der Waals surface area contributed by atoms with Crippen molar-refractivity contribution >= 4 is 46.7 Å². The van der Waals surface area contributed by atoms with Gasteiger partial charge in [-0.3, -0.25) is 9.30 Å². The zero-order valence-electron chi connectivity index (χ0n) is 29.4. The Morgan fingerprint density at radius 2 is 1.82 bits per heavy atom. The van der Waals surface area contributed by atoms with E-state index in [2.05, 4.69) is 34.8 Å². The molecule has 1 aliphatic carbocycles. The largest absolute Gasteiger partial charge is 0.444 e. The van der Waals surface area contributed by atoms with Crippen LogP contribution in [0.2, 0.25) is 25.7 Å². The number of aromatic nitrogens is 4. The van der Waals surface area contributed by atoms with Crippen LogP contribution in [-0.4, -0.2) is 107 Å². The first-order valence-corrected chi connectivity index (χ1v) is 22.2. The fraction of sp³-hybridized carbons (Fsp3) is 0.677. The molecule has 1 saturated carbocycles. The quantitative estimate of drug-likeness (QED) is 0.124. The number of alkyl halides is 3. The Kier molecular flexibility index (Phi) is 10.2. The Labute approximate surface area is 290 Å². The van der Waals surface area contributed by atoms with Crippen LogP contribution < -0.4 is 4.90 Å². The fourth-order valence-electron chi connectivity index (χ4n) is 5.92. The average Bonchev–Trinajstić information content (AvgIpc) is 3.33. The number of ether oxygens (including phenoxy) is 2. The van der Waals surface area contributed by atoms with Crippen molar-refractivity contribution in [2.75, 3.05) is 31.3 Å². The van der Waals surface area contributed by atoms with E-state index in [0.717, 1.165) is 10.3 Å². The van der Waals surface area contributed by atoms with Gasteiger partial charge in [-0.2, -0.15) is 4.31 Å². The van der Waals surface area contributed by atoms with Crippen molar-refractivity contribution in [3.05, 3.63) is 23.5 Å². The molecule has 3 aromatic rings. The maximum Gasteiger partial charge on any atom is 0.410 e. The predicted molar refractivity (Wildman–Crippen MR) is 184 cm³/mol. The predicted octanol–water partition coefficient (Wildman–Crippen LogP) is 6.43. The van der Waals surface area contributed by atoms with Gasteiger partial charge in [0.1, 0.15) is 23.4 Å². The van der Waals surface area contributed by atoms with Gasteiger partial charge in [0, 0.05) is 40.4 Å². The molecule has 2 fully saturated rings. The Bertz CT molecular complexity index is 1780. The second kappa shape index (κ2) is 13.4. The van der Waals surface area contributed by atoms with Crippen LogP contribution in [-0.2, 0) is 19.5 Å². The molecule has 3 aromatic heterocycles. The number of sulfonamides is 1. The van der Waals surface area contributed by atoms with E-state index >= 15 is 0 Å². The summed E-state index contributed by atoms with van der Waals surface area (Å²) in [5.41, 5.74) is -1.00. The van der Waals surface area contributed by atoms with Crippen molar-refractivity contribution in [3.8, 4) is 10.8 Å². The molecule has 272 valence electrons. The molecule has 5 rings (SSSR count). The highest BCUT2D eigenvalue weighted by Gasteiger charge is 2.59. The normalized spacial score (nSPS) is 23.6. The fourth-order valence-corrected chi connectivity index (χ4v) is 9.07. The monoisotopic (exact) mass is 745 g/mol. The summed E-state index contributed by atoms with van der Waals surface area (Å²) >= 11 is 0.660. The van der Waals surface area contributed by atoms with Crippen molar-refractivity contribution in [2.24, 2.45) is 0 Å². The molecule has 2 aliphatic rings. The first kappa shape index (κ1) is 37.5. The number of fused-ring (bicyclic) bond motifs is 1. The van der Waals surface area contributed by atoms with Gasteiger partial charge in [-0.1, -0.05) is 31.0 Å². The van der Waals surface area contributed by atoms with E-state index < -0.39 is 52.9 Å². The van der Waals surface area contributed by atoms with Crippen LogP contribution in [0.5, 0.6) is 0 Å². The molecular weight excluding hydrogens is 700 g/mol. The van der Waals surface area contributed by atoms with E-state index in [-0.39, 0.29) is 41.0 Å². The van der Waals surface area contributed by atoms with Gasteiger partial charge in [-0.05, 0) is 53.7 Å². The highest BCUT2D eigenvalue weighted by Crippen LogP contribution is 2.47. The van der Waals surface area contributed by atoms with E-state index in [9.17, 15) is 26.4 Å². The van der Waals surface area contributed by atoms with Crippen molar-refractivity contribution in [3.63, 3.8) is 0 Å². The van der Waals surface area contributed by atoms with Gasteiger partial charge in [0.15, 0.2) is 15.8 Å². The molecule has 18 heteroatoms. The molecule has 0 spiro atoms. The number of hydrogen-bond acceptors (Lipinski definition) is 10. The summed E-state index contributed by atoms with van der Waals surface area (Å²) in [6, 6.07) is 1.68. The van der Waals surface area contributed by atoms with Crippen LogP contribution in [0.1, 0.15) is 59.4 Å². The maximum absolute atomic E-state index is 14.9. The molecule has 0 N–H and O–H groups in total. The van der Waals surface area contributed by atoms with E-state index in [0.29, 0.717) is 42.2 Å². The first-order chi connectivity index (χ1) is 22.6. The molecule has 1 aliphatic heterocycles. The average molecular weight is 746 g/mol. The smallest absolute Gasteiger partial charge is 0.410 e. The summed E-state index contributed by atoms with van der Waals surface area (Å²) in [5.74, 6) is 0.130. The van der Waals surface area contributed by atoms with Gasteiger partial charge >= 0.3 is 6.09 Å². The highest BCUT2D eigenvalue weighted by molar-refractivity contribution is 7.89. The molecule has 4 atom stereocenters. The van der Waals surface area contributed by atoms with Crippen LogP contribution >= 0.6 is 11.3 Å². The maximum atomic E-state index is 14.9. The SMILES string of the molecule is C[C@H]1CN(c2cc(S(=O)(=O)N(COCC[Si](C)(C)C)[C@@]3(C)C[C@H]3F)cn3c(-c4nnc(C(F)F)s4)ncc23)C[C@H](C)N1C(=O)OC(C)(C)C. The zero-order chi connectivity index (χ0) is 36.3. The van der Waals surface area contributed by atoms with Gasteiger partial charge in [0.25, 0.3) is 6.43 Å². The second-order valence-corrected chi connectivity index (χ2v) is 23.9. The van der Waals surface area contributed by atoms with Crippen LogP contribution in [0.25, 0.3) is 16.3 Å². The summed E-state index contributed by atoms with van der Waals surface area (Å²) in [6.45, 7) is 17.9. The number of halogens is 3. The zero-order valence-corrected chi connectivity index (χ0v) is 32.0. The molecule has 0 aromatic carbocycles. The van der Waals surface area contributed by atoms with Crippen molar-refractivity contribution in [1.29, 1.82) is 0 Å². The topological polar surface area (TPSA) is 122 Å². The van der Waals surface area contributed by atoms with Crippen LogP contribution in [0.3, 0.4) is 0 Å². The number of anilines is 1. The standard InChI is InChI=1S/C31H46F3N7O5S2Si/c1-19-15-38(16-20(2)41(19)29(42)46-30(3,4)5)22-12-21(17-39-23(22)14-35-26(39)28-37-36-27(47-28)25(33)34)48(43,44)40(31(6)13-24(31)32)18-45-10-11-49(7,8)9/h12,14,17,19-20,24-25H,10-11,13,15-16,18H2,1-9H3/t19-,20-,24+,31-/m0/s1. The Morgan fingerprint density at radius 3 is 2.35 bits per heavy atom. The summed E-state index contributed by atoms with van der Waals surface area (Å²) in [4.78, 5) is 21.1. The summed E-state index contributed by atoms with van der Waals surface area (Å²) in [6.07, 6.45) is -1.75. The van der Waals surface area contributed by atoms with E-state index in [1.54, 1.807) is 32.6 Å². The number of carbonyl (C=O) groups is 1. The molecule has 0 bridgehead atoms. The lowest BCUT2D eigenvalue weighted by molar-refractivity contribution is 0.00566. The number of amides is 1. The summed E-state index contributed by atoms with van der Waals surface area (Å²) < 4.78 is 85.0. The number of carbonyl (C=O) groups excluding carboxylic acids is 1. The summed E-state index contributed by atoms with van der Waals surface area (Å²) in [7, 11) is -5.87. The minimum absolute atomic E-state index is 0.0257. The summed E-state index contributed by atoms with van der Waals surface area (Å²) in [5, 5.41) is 7.10. The van der Waals surface area contributed by atoms with Crippen molar-refractivity contribution < 1.29 is 35.9 Å². The highest BCUT2D eigenvalue weighted by atomic mass is 32.2. The third kappa shape index (κ3) is 7.92. The van der Waals surface area contributed by atoms with Crippen LogP contribution in [0.15, 0.2) is 23.4 Å². The third-order valence-electron chi connectivity index (χ3n) is 8.75. The Balaban J connectivity index is 1.58. The Hall–Kier alpha value is -2.80. The molecule has 4 heterocycles. The molecular formula is C31H46F3N7O5S2Si. The van der Waals surface area contributed by atoms with Crippen LogP contribution in [0, 0.1) is 0 Å². The van der Waals surface area contributed by atoms with E-state index in [1.807, 2.05) is 18.7 Å². The lowest BCUT2D eigenvalue weighted by Gasteiger charge is -2.45. The molecule has 0 unspecified atom stereocenters.